The van der Waals surface area contributed by atoms with Crippen LogP contribution in [0.25, 0.3) is 0 Å². The fraction of sp³-hybridized carbons (Fsp3) is 0.267. The molecule has 0 radical (unpaired) electrons. The number of carbonyl (C=O) groups is 2. The molecule has 0 fully saturated rings. The van der Waals surface area contributed by atoms with Crippen molar-refractivity contribution < 1.29 is 9.59 Å². The molecule has 25 heavy (non-hydrogen) atoms. The molecule has 0 aliphatic carbocycles. The topological polar surface area (TPSA) is 114 Å². The van der Waals surface area contributed by atoms with E-state index in [-0.39, 0.29) is 29.8 Å². The van der Waals surface area contributed by atoms with Gasteiger partial charge in [0.05, 0.1) is 31.5 Å². The number of amides is 2. The first-order chi connectivity index (χ1) is 12.1. The van der Waals surface area contributed by atoms with Crippen LogP contribution in [0.3, 0.4) is 0 Å². The van der Waals surface area contributed by atoms with Gasteiger partial charge in [0.25, 0.3) is 5.91 Å². The summed E-state index contributed by atoms with van der Waals surface area (Å²) < 4.78 is 1.65. The van der Waals surface area contributed by atoms with Crippen LogP contribution in [-0.2, 0) is 11.3 Å². The quantitative estimate of drug-likeness (QED) is 0.344. The molecular formula is C15H16ClN7O2. The normalized spacial score (nSPS) is 10.1. The molecule has 2 aromatic rings. The Balaban J connectivity index is 1.80. The molecule has 2 rings (SSSR count). The fourth-order valence-electron chi connectivity index (χ4n) is 1.82. The van der Waals surface area contributed by atoms with Gasteiger partial charge in [-0.2, -0.15) is 0 Å². The maximum Gasteiger partial charge on any atom is 0.270 e. The van der Waals surface area contributed by atoms with Crippen molar-refractivity contribution in [2.75, 3.05) is 25.0 Å². The molecule has 0 atom stereocenters. The van der Waals surface area contributed by atoms with E-state index in [9.17, 15) is 9.59 Å². The van der Waals surface area contributed by atoms with Crippen LogP contribution >= 0.6 is 11.6 Å². The van der Waals surface area contributed by atoms with Crippen LogP contribution in [-0.4, -0.2) is 51.4 Å². The molecule has 3 N–H and O–H groups in total. The van der Waals surface area contributed by atoms with Crippen molar-refractivity contribution in [3.05, 3.63) is 35.4 Å². The average molecular weight is 362 g/mol. The Morgan fingerprint density at radius 1 is 1.36 bits per heavy atom. The fourth-order valence-corrected chi connectivity index (χ4v) is 2.02. The molecule has 0 unspecified atom stereocenters. The number of anilines is 1. The standard InChI is InChI=1S/C15H16ClN7O2/c1-2-5-18-15(25)12-4-3-11(14(16)21-12)20-13(24)10-17-6-8-23-9-7-19-22-23/h1,3-4,7,9,17H,5-6,8,10H2,(H,18,25)(H,20,24). The first kappa shape index (κ1) is 18.4. The van der Waals surface area contributed by atoms with Crippen molar-refractivity contribution >= 4 is 29.1 Å². The number of nitrogens with zero attached hydrogens (tertiary/aromatic N) is 4. The molecule has 0 saturated heterocycles. The van der Waals surface area contributed by atoms with E-state index in [4.69, 9.17) is 18.0 Å². The largest absolute Gasteiger partial charge is 0.340 e. The van der Waals surface area contributed by atoms with Gasteiger partial charge in [0.1, 0.15) is 5.69 Å². The maximum atomic E-state index is 11.9. The minimum Gasteiger partial charge on any atom is -0.340 e. The summed E-state index contributed by atoms with van der Waals surface area (Å²) >= 11 is 6.00. The lowest BCUT2D eigenvalue weighted by Crippen LogP contribution is -2.30. The highest BCUT2D eigenvalue weighted by Gasteiger charge is 2.11. The van der Waals surface area contributed by atoms with Gasteiger partial charge in [-0.15, -0.1) is 11.5 Å². The van der Waals surface area contributed by atoms with Gasteiger partial charge in [-0.1, -0.05) is 22.7 Å². The second-order valence-electron chi connectivity index (χ2n) is 4.81. The zero-order valence-electron chi connectivity index (χ0n) is 13.2. The van der Waals surface area contributed by atoms with E-state index in [1.807, 2.05) is 0 Å². The summed E-state index contributed by atoms with van der Waals surface area (Å²) in [4.78, 5) is 27.6. The lowest BCUT2D eigenvalue weighted by atomic mass is 10.3. The van der Waals surface area contributed by atoms with Crippen molar-refractivity contribution in [3.8, 4) is 12.3 Å². The number of halogens is 1. The molecule has 2 aromatic heterocycles. The molecule has 0 aromatic carbocycles. The third-order valence-corrected chi connectivity index (χ3v) is 3.27. The minimum absolute atomic E-state index is 0.0179. The van der Waals surface area contributed by atoms with Gasteiger partial charge in [0.2, 0.25) is 5.91 Å². The number of carbonyl (C=O) groups excluding carboxylic acids is 2. The molecular weight excluding hydrogens is 346 g/mol. The smallest absolute Gasteiger partial charge is 0.270 e. The molecule has 0 aliphatic heterocycles. The first-order valence-corrected chi connectivity index (χ1v) is 7.71. The van der Waals surface area contributed by atoms with Crippen LogP contribution in [0.2, 0.25) is 5.15 Å². The SMILES string of the molecule is C#CCNC(=O)c1ccc(NC(=O)CNCCn2ccnn2)c(Cl)n1. The average Bonchev–Trinajstić information content (AvgIpc) is 3.12. The monoisotopic (exact) mass is 361 g/mol. The van der Waals surface area contributed by atoms with Gasteiger partial charge in [0, 0.05) is 12.7 Å². The zero-order valence-corrected chi connectivity index (χ0v) is 14.0. The highest BCUT2D eigenvalue weighted by atomic mass is 35.5. The van der Waals surface area contributed by atoms with E-state index < -0.39 is 5.91 Å². The van der Waals surface area contributed by atoms with Crippen LogP contribution in [0.15, 0.2) is 24.5 Å². The minimum atomic E-state index is -0.437. The number of hydrogen-bond acceptors (Lipinski definition) is 6. The summed E-state index contributed by atoms with van der Waals surface area (Å²) in [5, 5.41) is 15.6. The van der Waals surface area contributed by atoms with E-state index in [0.29, 0.717) is 18.8 Å². The Kier molecular flexibility index (Phi) is 6.88. The van der Waals surface area contributed by atoms with Crippen LogP contribution in [0.1, 0.15) is 10.5 Å². The van der Waals surface area contributed by atoms with Gasteiger partial charge in [-0.25, -0.2) is 4.98 Å². The summed E-state index contributed by atoms with van der Waals surface area (Å²) in [7, 11) is 0. The van der Waals surface area contributed by atoms with Gasteiger partial charge >= 0.3 is 0 Å². The number of rotatable bonds is 8. The number of nitrogens with one attached hydrogen (secondary N) is 3. The zero-order chi connectivity index (χ0) is 18.1. The van der Waals surface area contributed by atoms with E-state index in [2.05, 4.69) is 37.2 Å². The molecule has 130 valence electrons. The van der Waals surface area contributed by atoms with E-state index in [1.54, 1.807) is 17.1 Å². The van der Waals surface area contributed by atoms with E-state index in [1.165, 1.54) is 12.1 Å². The number of pyridine rings is 1. The third kappa shape index (κ3) is 5.87. The Hall–Kier alpha value is -2.96. The Labute approximate surface area is 149 Å². The van der Waals surface area contributed by atoms with E-state index in [0.717, 1.165) is 0 Å². The summed E-state index contributed by atoms with van der Waals surface area (Å²) in [5.41, 5.74) is 0.433. The molecule has 0 aliphatic rings. The van der Waals surface area contributed by atoms with Gasteiger partial charge < -0.3 is 16.0 Å². The Morgan fingerprint density at radius 3 is 2.88 bits per heavy atom. The Bertz CT molecular complexity index is 771. The predicted octanol–water partition coefficient (Wildman–Crippen LogP) is -0.0822. The molecule has 0 spiro atoms. The highest BCUT2D eigenvalue weighted by molar-refractivity contribution is 6.32. The molecule has 2 heterocycles. The Morgan fingerprint density at radius 2 is 2.20 bits per heavy atom. The van der Waals surface area contributed by atoms with Crippen molar-refractivity contribution in [1.82, 2.24) is 30.6 Å². The summed E-state index contributed by atoms with van der Waals surface area (Å²) in [6.45, 7) is 1.33. The summed E-state index contributed by atoms with van der Waals surface area (Å²) in [5.74, 6) is 1.57. The van der Waals surface area contributed by atoms with Gasteiger partial charge in [-0.3, -0.25) is 14.3 Å². The maximum absolute atomic E-state index is 11.9. The molecule has 10 heteroatoms. The lowest BCUT2D eigenvalue weighted by molar-refractivity contribution is -0.115. The summed E-state index contributed by atoms with van der Waals surface area (Å²) in [6, 6.07) is 2.96. The van der Waals surface area contributed by atoms with Crippen molar-refractivity contribution in [3.63, 3.8) is 0 Å². The van der Waals surface area contributed by atoms with Gasteiger partial charge in [-0.05, 0) is 12.1 Å². The van der Waals surface area contributed by atoms with Crippen LogP contribution < -0.4 is 16.0 Å². The first-order valence-electron chi connectivity index (χ1n) is 7.33. The van der Waals surface area contributed by atoms with Crippen molar-refractivity contribution in [1.29, 1.82) is 0 Å². The molecule has 0 saturated carbocycles. The second-order valence-corrected chi connectivity index (χ2v) is 5.17. The van der Waals surface area contributed by atoms with E-state index >= 15 is 0 Å². The van der Waals surface area contributed by atoms with Gasteiger partial charge in [0.15, 0.2) is 5.15 Å². The number of terminal acetylenes is 1. The second kappa shape index (κ2) is 9.36. The van der Waals surface area contributed by atoms with Crippen molar-refractivity contribution in [2.45, 2.75) is 6.54 Å². The number of hydrogen-bond donors (Lipinski definition) is 3. The van der Waals surface area contributed by atoms with Crippen molar-refractivity contribution in [2.24, 2.45) is 0 Å². The molecule has 0 bridgehead atoms. The summed E-state index contributed by atoms with van der Waals surface area (Å²) in [6.07, 6.45) is 8.38. The highest BCUT2D eigenvalue weighted by Crippen LogP contribution is 2.19. The van der Waals surface area contributed by atoms with Crippen LogP contribution in [0.4, 0.5) is 5.69 Å². The third-order valence-electron chi connectivity index (χ3n) is 2.98. The lowest BCUT2D eigenvalue weighted by Gasteiger charge is -2.09. The van der Waals surface area contributed by atoms with Crippen LogP contribution in [0, 0.1) is 12.3 Å². The molecule has 2 amide bonds. The predicted molar refractivity (Wildman–Crippen MR) is 91.9 cm³/mol. The molecule has 9 nitrogen and oxygen atoms in total. The number of aromatic nitrogens is 4. The van der Waals surface area contributed by atoms with Crippen LogP contribution in [0.5, 0.6) is 0 Å².